The van der Waals surface area contributed by atoms with E-state index in [-0.39, 0.29) is 42.7 Å². The first-order chi connectivity index (χ1) is 29.6. The molecule has 0 N–H and O–H groups in total. The van der Waals surface area contributed by atoms with E-state index in [2.05, 4.69) is 86.8 Å². The van der Waals surface area contributed by atoms with Gasteiger partial charge in [-0.3, -0.25) is 9.59 Å². The highest BCUT2D eigenvalue weighted by atomic mass is 16.6. The summed E-state index contributed by atoms with van der Waals surface area (Å²) >= 11 is 0. The highest BCUT2D eigenvalue weighted by Gasteiger charge is 2.25. The number of hydrogen-bond acceptors (Lipinski definition) is 7. The topological polar surface area (TPSA) is 102 Å². The van der Waals surface area contributed by atoms with Crippen molar-refractivity contribution < 1.29 is 38.2 Å². The van der Waals surface area contributed by atoms with E-state index in [1.807, 2.05) is 0 Å². The van der Waals surface area contributed by atoms with Crippen LogP contribution in [-0.2, 0) is 28.6 Å². The van der Waals surface area contributed by atoms with Crippen LogP contribution in [0.25, 0.3) is 0 Å². The number of carbonyl (C=O) groups is 3. The van der Waals surface area contributed by atoms with Crippen molar-refractivity contribution in [2.45, 2.75) is 206 Å². The Labute approximate surface area is 374 Å². The summed E-state index contributed by atoms with van der Waals surface area (Å²) in [7, 11) is 5.40. The molecule has 2 atom stereocenters. The average Bonchev–Trinajstić information content (AvgIpc) is 3.22. The zero-order chi connectivity index (χ0) is 44.9. The van der Waals surface area contributed by atoms with Crippen molar-refractivity contribution in [1.82, 2.24) is 0 Å². The van der Waals surface area contributed by atoms with Crippen molar-refractivity contribution in [1.29, 1.82) is 0 Å². The molecule has 0 aromatic carbocycles. The smallest absolute Gasteiger partial charge is 0.306 e. The summed E-state index contributed by atoms with van der Waals surface area (Å²) in [6, 6.07) is -0.733. The zero-order valence-corrected chi connectivity index (χ0v) is 39.8. The minimum Gasteiger partial charge on any atom is -0.544 e. The highest BCUT2D eigenvalue weighted by Crippen LogP contribution is 2.13. The van der Waals surface area contributed by atoms with Crippen LogP contribution in [0.2, 0.25) is 0 Å². The Hall–Kier alpha value is -3.23. The fourth-order valence-corrected chi connectivity index (χ4v) is 6.80. The van der Waals surface area contributed by atoms with Crippen molar-refractivity contribution in [3.05, 3.63) is 72.9 Å². The molecule has 8 nitrogen and oxygen atoms in total. The first-order valence-electron chi connectivity index (χ1n) is 24.5. The molecule has 2 unspecified atom stereocenters. The molecule has 0 heterocycles. The van der Waals surface area contributed by atoms with Crippen LogP contribution >= 0.6 is 0 Å². The van der Waals surface area contributed by atoms with Gasteiger partial charge in [0.25, 0.3) is 0 Å². The van der Waals surface area contributed by atoms with Gasteiger partial charge in [0.05, 0.1) is 40.3 Å². The molecular formula is C53H91NO7. The number of esters is 2. The molecule has 8 heteroatoms. The third-order valence-corrected chi connectivity index (χ3v) is 10.6. The lowest BCUT2D eigenvalue weighted by molar-refractivity contribution is -0.889. The van der Waals surface area contributed by atoms with E-state index in [1.54, 1.807) is 21.1 Å². The number of hydrogen-bond donors (Lipinski definition) is 0. The van der Waals surface area contributed by atoms with E-state index in [4.69, 9.17) is 14.2 Å². The molecular weight excluding hydrogens is 763 g/mol. The number of quaternary nitrogens is 1. The largest absolute Gasteiger partial charge is 0.544 e. The molecule has 0 aliphatic rings. The van der Waals surface area contributed by atoms with Crippen molar-refractivity contribution in [3.63, 3.8) is 0 Å². The van der Waals surface area contributed by atoms with Gasteiger partial charge in [-0.05, 0) is 83.5 Å². The van der Waals surface area contributed by atoms with Crippen LogP contribution in [0.4, 0.5) is 0 Å². The zero-order valence-electron chi connectivity index (χ0n) is 39.8. The molecule has 0 spiro atoms. The predicted molar refractivity (Wildman–Crippen MR) is 254 cm³/mol. The summed E-state index contributed by atoms with van der Waals surface area (Å²) in [4.78, 5) is 36.9. The lowest BCUT2D eigenvalue weighted by atomic mass is 10.1. The monoisotopic (exact) mass is 854 g/mol. The maximum Gasteiger partial charge on any atom is 0.306 e. The van der Waals surface area contributed by atoms with Crippen molar-refractivity contribution in [2.75, 3.05) is 41.0 Å². The minimum atomic E-state index is -1.13. The number of likely N-dealkylation sites (N-methyl/N-ethyl adjacent to an activating group) is 1. The van der Waals surface area contributed by atoms with Gasteiger partial charge in [0.1, 0.15) is 12.6 Å². The molecule has 0 fully saturated rings. The molecule has 61 heavy (non-hydrogen) atoms. The second kappa shape index (κ2) is 43.4. The number of aliphatic carboxylic acids is 1. The standard InChI is InChI=1S/C53H91NO7/c1-6-8-10-12-14-16-18-20-22-23-24-25-26-27-28-29-30-32-33-35-37-39-41-43-51(55)60-48-49(47-59-46-45-50(53(57)58)54(3,4)5)61-52(56)44-42-40-38-36-34-31-21-19-17-15-13-11-9-7-2/h8,10,14,16,20,22,24-25,27-28,31,34,49-50H,6-7,9,11-13,15,17-19,21,23,26,29-30,32-33,35-48H2,1-5H3/b10-8+,16-14+,22-20+,25-24+,28-27+,34-31+. The number of unbranched alkanes of at least 4 members (excludes halogenated alkanes) is 17. The average molecular weight is 854 g/mol. The van der Waals surface area contributed by atoms with E-state index >= 15 is 0 Å². The quantitative estimate of drug-likeness (QED) is 0.0260. The third kappa shape index (κ3) is 41.9. The van der Waals surface area contributed by atoms with Crippen LogP contribution in [0.15, 0.2) is 72.9 Å². The van der Waals surface area contributed by atoms with Gasteiger partial charge in [0, 0.05) is 19.3 Å². The number of carboxylic acid groups (broad SMARTS) is 1. The lowest BCUT2D eigenvalue weighted by Crippen LogP contribution is -2.55. The Morgan fingerprint density at radius 1 is 0.508 bits per heavy atom. The van der Waals surface area contributed by atoms with Gasteiger partial charge in [0.2, 0.25) is 0 Å². The van der Waals surface area contributed by atoms with Crippen molar-refractivity contribution in [2.24, 2.45) is 0 Å². The van der Waals surface area contributed by atoms with Crippen LogP contribution in [0.1, 0.15) is 194 Å². The Morgan fingerprint density at radius 2 is 0.918 bits per heavy atom. The maximum absolute atomic E-state index is 12.7. The Bertz CT molecular complexity index is 1230. The summed E-state index contributed by atoms with van der Waals surface area (Å²) in [5.74, 6) is -1.77. The van der Waals surface area contributed by atoms with Crippen molar-refractivity contribution >= 4 is 17.9 Å². The van der Waals surface area contributed by atoms with E-state index in [0.29, 0.717) is 12.8 Å². The molecule has 350 valence electrons. The molecule has 0 aromatic heterocycles. The van der Waals surface area contributed by atoms with Gasteiger partial charge in [-0.1, -0.05) is 164 Å². The minimum absolute atomic E-state index is 0.0283. The highest BCUT2D eigenvalue weighted by molar-refractivity contribution is 5.70. The number of carbonyl (C=O) groups excluding carboxylic acids is 3. The van der Waals surface area contributed by atoms with E-state index in [1.165, 1.54) is 70.6 Å². The maximum atomic E-state index is 12.7. The summed E-state index contributed by atoms with van der Waals surface area (Å²) in [6.45, 7) is 4.51. The summed E-state index contributed by atoms with van der Waals surface area (Å²) in [5, 5.41) is 11.6. The Balaban J connectivity index is 4.29. The summed E-state index contributed by atoms with van der Waals surface area (Å²) < 4.78 is 17.2. The molecule has 0 aliphatic carbocycles. The van der Waals surface area contributed by atoms with Crippen LogP contribution in [0.5, 0.6) is 0 Å². The molecule has 0 rings (SSSR count). The number of allylic oxidation sites excluding steroid dienone is 12. The first kappa shape index (κ1) is 57.8. The SMILES string of the molecule is CC/C=C/C/C=C/C/C=C/C/C=C/C/C=C/CCCCCCCCCC(=O)OCC(COCCC(C(=O)[O-])[N+](C)(C)C)OC(=O)CCCCC/C=C/CCCCCCCCC. The Morgan fingerprint density at radius 3 is 1.39 bits per heavy atom. The van der Waals surface area contributed by atoms with Crippen LogP contribution in [0.3, 0.4) is 0 Å². The molecule has 0 aromatic rings. The third-order valence-electron chi connectivity index (χ3n) is 10.6. The van der Waals surface area contributed by atoms with E-state index in [0.717, 1.165) is 89.9 Å². The molecule has 0 saturated heterocycles. The first-order valence-corrected chi connectivity index (χ1v) is 24.5. The second-order valence-electron chi connectivity index (χ2n) is 17.3. The van der Waals surface area contributed by atoms with Gasteiger partial charge in [-0.25, -0.2) is 0 Å². The van der Waals surface area contributed by atoms with Crippen LogP contribution in [0, 0.1) is 0 Å². The van der Waals surface area contributed by atoms with Crippen molar-refractivity contribution in [3.8, 4) is 0 Å². The van der Waals surface area contributed by atoms with Gasteiger partial charge in [0.15, 0.2) is 6.10 Å². The van der Waals surface area contributed by atoms with Gasteiger partial charge in [-0.2, -0.15) is 0 Å². The number of nitrogens with zero attached hydrogens (tertiary/aromatic N) is 1. The molecule has 0 amide bonds. The number of rotatable bonds is 43. The van der Waals surface area contributed by atoms with Crippen LogP contribution < -0.4 is 5.11 Å². The fourth-order valence-electron chi connectivity index (χ4n) is 6.80. The Kier molecular flexibility index (Phi) is 41.1. The molecule has 0 bridgehead atoms. The fraction of sp³-hybridized carbons (Fsp3) is 0.717. The second-order valence-corrected chi connectivity index (χ2v) is 17.3. The predicted octanol–water partition coefficient (Wildman–Crippen LogP) is 12.6. The van der Waals surface area contributed by atoms with Gasteiger partial charge < -0.3 is 28.6 Å². The van der Waals surface area contributed by atoms with Gasteiger partial charge in [-0.15, -0.1) is 0 Å². The van der Waals surface area contributed by atoms with E-state index < -0.39 is 18.1 Å². The number of carboxylic acids is 1. The molecule has 0 aliphatic heterocycles. The van der Waals surface area contributed by atoms with Crippen LogP contribution in [-0.4, -0.2) is 75.5 Å². The summed E-state index contributed by atoms with van der Waals surface area (Å²) in [6.07, 6.45) is 55.0. The van der Waals surface area contributed by atoms with Gasteiger partial charge >= 0.3 is 11.9 Å². The molecule has 0 radical (unpaired) electrons. The normalized spacial score (nSPS) is 13.5. The lowest BCUT2D eigenvalue weighted by Gasteiger charge is -2.34. The molecule has 0 saturated carbocycles. The number of ether oxygens (including phenoxy) is 3. The summed E-state index contributed by atoms with van der Waals surface area (Å²) in [5.41, 5.74) is 0. The van der Waals surface area contributed by atoms with E-state index in [9.17, 15) is 19.5 Å².